The summed E-state index contributed by atoms with van der Waals surface area (Å²) >= 11 is 0. The molecule has 4 unspecified atom stereocenters. The van der Waals surface area contributed by atoms with E-state index in [-0.39, 0.29) is 36.6 Å². The predicted molar refractivity (Wildman–Crippen MR) is 111 cm³/mol. The molecule has 4 atom stereocenters. The zero-order valence-corrected chi connectivity index (χ0v) is 17.5. The number of nitrogens with zero attached hydrogens (tertiary/aromatic N) is 1. The molecule has 4 aliphatic rings. The number of hydrogen-bond donors (Lipinski definition) is 3. The first-order valence-electron chi connectivity index (χ1n) is 11.1. The van der Waals surface area contributed by atoms with Gasteiger partial charge < -0.3 is 10.4 Å². The molecule has 5 rings (SSSR count). The number of nitrogens with one attached hydrogen (secondary N) is 2. The van der Waals surface area contributed by atoms with E-state index in [4.69, 9.17) is 0 Å². The van der Waals surface area contributed by atoms with Gasteiger partial charge in [0.2, 0.25) is 17.7 Å². The third-order valence-corrected chi connectivity index (χ3v) is 7.51. The van der Waals surface area contributed by atoms with Crippen molar-refractivity contribution in [2.75, 3.05) is 5.32 Å². The number of aliphatic carboxylic acids is 1. The Morgan fingerprint density at radius 3 is 2.61 bits per heavy atom. The Bertz CT molecular complexity index is 985. The van der Waals surface area contributed by atoms with Crippen LogP contribution in [0, 0.1) is 18.8 Å². The summed E-state index contributed by atoms with van der Waals surface area (Å²) in [5.74, 6) is -3.44. The van der Waals surface area contributed by atoms with E-state index in [1.807, 2.05) is 25.1 Å². The summed E-state index contributed by atoms with van der Waals surface area (Å²) in [5, 5.41) is 15.4. The smallest absolute Gasteiger partial charge is 0.303 e. The molecular formula is C23H27N3O5. The number of rotatable bonds is 4. The molecule has 3 amide bonds. The van der Waals surface area contributed by atoms with Crippen LogP contribution < -0.4 is 10.6 Å². The third kappa shape index (κ3) is 2.84. The van der Waals surface area contributed by atoms with Crippen LogP contribution in [-0.4, -0.2) is 45.8 Å². The van der Waals surface area contributed by atoms with Crippen LogP contribution in [0.15, 0.2) is 18.2 Å². The SMILES string of the molecule is Cc1ccc2c(c1)C1(NC(CCC(=O)O)C3C(=O)N(C4CCCCC4)C(=O)C31)C(=O)N2. The van der Waals surface area contributed by atoms with Gasteiger partial charge >= 0.3 is 5.97 Å². The molecule has 1 aliphatic carbocycles. The molecule has 1 spiro atoms. The van der Waals surface area contributed by atoms with E-state index in [9.17, 15) is 24.3 Å². The van der Waals surface area contributed by atoms with E-state index < -0.39 is 29.4 Å². The molecule has 3 aliphatic heterocycles. The van der Waals surface area contributed by atoms with Crippen molar-refractivity contribution < 1.29 is 24.3 Å². The van der Waals surface area contributed by atoms with E-state index in [1.54, 1.807) is 0 Å². The number of aryl methyl sites for hydroxylation is 1. The normalized spacial score (nSPS) is 32.5. The Kier molecular flexibility index (Phi) is 4.66. The van der Waals surface area contributed by atoms with Gasteiger partial charge in [-0.2, -0.15) is 0 Å². The number of carbonyl (C=O) groups excluding carboxylic acids is 3. The van der Waals surface area contributed by atoms with Gasteiger partial charge in [-0.05, 0) is 32.3 Å². The number of likely N-dealkylation sites (tertiary alicyclic amines) is 1. The summed E-state index contributed by atoms with van der Waals surface area (Å²) in [4.78, 5) is 53.3. The zero-order valence-electron chi connectivity index (χ0n) is 17.5. The number of anilines is 1. The number of fused-ring (bicyclic) bond motifs is 4. The second-order valence-electron chi connectivity index (χ2n) is 9.34. The maximum Gasteiger partial charge on any atom is 0.303 e. The van der Waals surface area contributed by atoms with E-state index in [0.717, 1.165) is 37.7 Å². The van der Waals surface area contributed by atoms with Crippen molar-refractivity contribution in [2.45, 2.75) is 69.5 Å². The first-order valence-corrected chi connectivity index (χ1v) is 11.1. The standard InChI is InChI=1S/C23H27N3O5/c1-12-7-8-15-14(11-12)23(22(31)24-15)19-18(16(25-23)9-10-17(27)28)20(29)26(21(19)30)13-5-3-2-4-6-13/h7-8,11,13,16,18-19,25H,2-6,9-10H2,1H3,(H,24,31)(H,27,28). The van der Waals surface area contributed by atoms with E-state index >= 15 is 0 Å². The number of hydrogen-bond acceptors (Lipinski definition) is 5. The second kappa shape index (κ2) is 7.15. The summed E-state index contributed by atoms with van der Waals surface area (Å²) in [6.07, 6.45) is 4.69. The summed E-state index contributed by atoms with van der Waals surface area (Å²) in [5.41, 5.74) is 0.919. The zero-order chi connectivity index (χ0) is 21.9. The molecule has 1 aromatic carbocycles. The van der Waals surface area contributed by atoms with Gasteiger partial charge in [0, 0.05) is 29.8 Å². The monoisotopic (exact) mass is 425 g/mol. The minimum Gasteiger partial charge on any atom is -0.481 e. The maximum absolute atomic E-state index is 13.8. The Hall–Kier alpha value is -2.74. The molecule has 0 radical (unpaired) electrons. The first kappa shape index (κ1) is 20.2. The van der Waals surface area contributed by atoms with Gasteiger partial charge in [-0.3, -0.25) is 29.4 Å². The van der Waals surface area contributed by atoms with E-state index in [1.165, 1.54) is 4.90 Å². The Labute approximate surface area is 180 Å². The van der Waals surface area contributed by atoms with Crippen molar-refractivity contribution in [3.05, 3.63) is 29.3 Å². The van der Waals surface area contributed by atoms with Gasteiger partial charge in [0.1, 0.15) is 5.54 Å². The maximum atomic E-state index is 13.8. The Morgan fingerprint density at radius 1 is 1.16 bits per heavy atom. The lowest BCUT2D eigenvalue weighted by Gasteiger charge is -2.34. The number of imide groups is 1. The summed E-state index contributed by atoms with van der Waals surface area (Å²) in [7, 11) is 0. The molecule has 3 N–H and O–H groups in total. The van der Waals surface area contributed by atoms with Crippen LogP contribution in [0.2, 0.25) is 0 Å². The van der Waals surface area contributed by atoms with Crippen LogP contribution in [0.25, 0.3) is 0 Å². The largest absolute Gasteiger partial charge is 0.481 e. The molecule has 164 valence electrons. The fourth-order valence-corrected chi connectivity index (χ4v) is 6.16. The first-order chi connectivity index (χ1) is 14.8. The Morgan fingerprint density at radius 2 is 1.90 bits per heavy atom. The average Bonchev–Trinajstić information content (AvgIpc) is 3.32. The van der Waals surface area contributed by atoms with Gasteiger partial charge in [0.15, 0.2) is 0 Å². The molecule has 1 aromatic rings. The van der Waals surface area contributed by atoms with Crippen molar-refractivity contribution in [2.24, 2.45) is 11.8 Å². The molecule has 1 saturated carbocycles. The van der Waals surface area contributed by atoms with Crippen LogP contribution in [-0.2, 0) is 24.7 Å². The minimum atomic E-state index is -1.34. The molecule has 2 saturated heterocycles. The number of carboxylic acids is 1. The number of benzene rings is 1. The van der Waals surface area contributed by atoms with E-state index in [0.29, 0.717) is 11.3 Å². The number of carboxylic acid groups (broad SMARTS) is 1. The van der Waals surface area contributed by atoms with Crippen LogP contribution in [0.3, 0.4) is 0 Å². The summed E-state index contributed by atoms with van der Waals surface area (Å²) < 4.78 is 0. The lowest BCUT2D eigenvalue weighted by Crippen LogP contribution is -2.54. The molecular weight excluding hydrogens is 398 g/mol. The Balaban J connectivity index is 1.60. The van der Waals surface area contributed by atoms with E-state index in [2.05, 4.69) is 10.6 Å². The van der Waals surface area contributed by atoms with Crippen molar-refractivity contribution in [3.63, 3.8) is 0 Å². The molecule has 8 heteroatoms. The molecule has 3 fully saturated rings. The molecule has 0 aromatic heterocycles. The fourth-order valence-electron chi connectivity index (χ4n) is 6.16. The molecule has 3 heterocycles. The van der Waals surface area contributed by atoms with Crippen LogP contribution >= 0.6 is 0 Å². The second-order valence-corrected chi connectivity index (χ2v) is 9.34. The van der Waals surface area contributed by atoms with Crippen LogP contribution in [0.4, 0.5) is 5.69 Å². The third-order valence-electron chi connectivity index (χ3n) is 7.51. The highest BCUT2D eigenvalue weighted by Gasteiger charge is 2.70. The number of carbonyl (C=O) groups is 4. The molecule has 0 bridgehead atoms. The predicted octanol–water partition coefficient (Wildman–Crippen LogP) is 1.91. The molecule has 8 nitrogen and oxygen atoms in total. The highest BCUT2D eigenvalue weighted by molar-refractivity contribution is 6.15. The quantitative estimate of drug-likeness (QED) is 0.635. The van der Waals surface area contributed by atoms with Gasteiger partial charge in [-0.25, -0.2) is 0 Å². The van der Waals surface area contributed by atoms with Gasteiger partial charge in [-0.1, -0.05) is 37.0 Å². The lowest BCUT2D eigenvalue weighted by atomic mass is 9.76. The van der Waals surface area contributed by atoms with Gasteiger partial charge in [0.25, 0.3) is 0 Å². The highest BCUT2D eigenvalue weighted by atomic mass is 16.4. The fraction of sp³-hybridized carbons (Fsp3) is 0.565. The van der Waals surface area contributed by atoms with Crippen LogP contribution in [0.5, 0.6) is 0 Å². The van der Waals surface area contributed by atoms with Gasteiger partial charge in [-0.15, -0.1) is 0 Å². The average molecular weight is 425 g/mol. The molecule has 31 heavy (non-hydrogen) atoms. The minimum absolute atomic E-state index is 0.127. The van der Waals surface area contributed by atoms with Crippen molar-refractivity contribution in [1.82, 2.24) is 10.2 Å². The number of amides is 3. The van der Waals surface area contributed by atoms with Crippen LogP contribution in [0.1, 0.15) is 56.1 Å². The summed E-state index contributed by atoms with van der Waals surface area (Å²) in [6.45, 7) is 1.92. The van der Waals surface area contributed by atoms with Crippen molar-refractivity contribution in [3.8, 4) is 0 Å². The van der Waals surface area contributed by atoms with Gasteiger partial charge in [0.05, 0.1) is 11.8 Å². The topological polar surface area (TPSA) is 116 Å². The highest BCUT2D eigenvalue weighted by Crippen LogP contribution is 2.54. The lowest BCUT2D eigenvalue weighted by molar-refractivity contribution is -0.146. The van der Waals surface area contributed by atoms with Crippen molar-refractivity contribution >= 4 is 29.4 Å². The summed E-state index contributed by atoms with van der Waals surface area (Å²) in [6, 6.07) is 4.92. The van der Waals surface area contributed by atoms with Crippen molar-refractivity contribution in [1.29, 1.82) is 0 Å².